The van der Waals surface area contributed by atoms with E-state index in [1.54, 1.807) is 50.4 Å². The summed E-state index contributed by atoms with van der Waals surface area (Å²) >= 11 is 0. The highest BCUT2D eigenvalue weighted by molar-refractivity contribution is 5.92. The van der Waals surface area contributed by atoms with Crippen LogP contribution in [0.25, 0.3) is 0 Å². The van der Waals surface area contributed by atoms with Crippen LogP contribution >= 0.6 is 0 Å². The molecule has 1 aliphatic rings. The lowest BCUT2D eigenvalue weighted by atomic mass is 9.79. The number of nitrogens with zero attached hydrogens (tertiary/aromatic N) is 3. The Balaban J connectivity index is 1.78. The molecular formula is C24H30FN5O3. The Bertz CT molecular complexity index is 1040. The van der Waals surface area contributed by atoms with Crippen LogP contribution < -0.4 is 10.6 Å². The van der Waals surface area contributed by atoms with E-state index >= 15 is 4.39 Å². The van der Waals surface area contributed by atoms with Gasteiger partial charge in [-0.05, 0) is 31.4 Å². The number of piperidine rings is 1. The maximum Gasteiger partial charge on any atom is 0.281 e. The van der Waals surface area contributed by atoms with Crippen LogP contribution in [0.3, 0.4) is 0 Å². The molecule has 0 spiro atoms. The second-order valence-corrected chi connectivity index (χ2v) is 8.79. The normalized spacial score (nSPS) is 17.1. The third kappa shape index (κ3) is 5.53. The molecule has 1 fully saturated rings. The first kappa shape index (κ1) is 24.3. The van der Waals surface area contributed by atoms with Gasteiger partial charge in [0, 0.05) is 44.6 Å². The average Bonchev–Trinajstić information content (AvgIpc) is 2.78. The number of hydrogen-bond donors (Lipinski definition) is 2. The maximum absolute atomic E-state index is 15.9. The summed E-state index contributed by atoms with van der Waals surface area (Å²) in [5, 5.41) is 4.79. The smallest absolute Gasteiger partial charge is 0.281 e. The summed E-state index contributed by atoms with van der Waals surface area (Å²) in [6.45, 7) is 5.54. The summed E-state index contributed by atoms with van der Waals surface area (Å²) in [6, 6.07) is 10.4. The monoisotopic (exact) mass is 455 g/mol. The molecule has 3 rings (SSSR count). The van der Waals surface area contributed by atoms with Gasteiger partial charge in [0.2, 0.25) is 5.91 Å². The van der Waals surface area contributed by atoms with Gasteiger partial charge in [-0.15, -0.1) is 0 Å². The van der Waals surface area contributed by atoms with Gasteiger partial charge in [0.05, 0.1) is 0 Å². The van der Waals surface area contributed by atoms with Crippen LogP contribution in [0.1, 0.15) is 54.3 Å². The highest BCUT2D eigenvalue weighted by Crippen LogP contribution is 2.34. The summed E-state index contributed by atoms with van der Waals surface area (Å²) in [5.74, 6) is -3.67. The standard InChI is InChI=1S/C24H30FN5O3/c1-16-14-19(20(32)26-4)28-21(27-16)23(3)10-12-30(13-11-23)22(33)24(25,29-17(2)31)15-18-8-6-5-7-9-18/h5-9,14H,10-13,15H2,1-4H3,(H,26,32)(H,29,31)/t24-/m1/s1. The van der Waals surface area contributed by atoms with Crippen molar-refractivity contribution in [3.05, 3.63) is 59.2 Å². The van der Waals surface area contributed by atoms with Crippen LogP contribution in [-0.4, -0.2) is 58.5 Å². The van der Waals surface area contributed by atoms with Gasteiger partial charge in [0.15, 0.2) is 0 Å². The fourth-order valence-corrected chi connectivity index (χ4v) is 4.09. The Morgan fingerprint density at radius 2 is 1.79 bits per heavy atom. The lowest BCUT2D eigenvalue weighted by Gasteiger charge is -2.41. The molecule has 33 heavy (non-hydrogen) atoms. The molecule has 1 atom stereocenters. The second kappa shape index (κ2) is 9.64. The molecule has 0 aliphatic carbocycles. The number of nitrogens with one attached hydrogen (secondary N) is 2. The van der Waals surface area contributed by atoms with E-state index in [1.165, 1.54) is 11.8 Å². The number of rotatable bonds is 6. The predicted octanol–water partition coefficient (Wildman–Crippen LogP) is 2.07. The van der Waals surface area contributed by atoms with Gasteiger partial charge in [-0.3, -0.25) is 14.4 Å². The van der Waals surface area contributed by atoms with Gasteiger partial charge in [-0.1, -0.05) is 37.3 Å². The number of carbonyl (C=O) groups excluding carboxylic acids is 3. The molecule has 2 N–H and O–H groups in total. The molecule has 1 aromatic carbocycles. The maximum atomic E-state index is 15.9. The van der Waals surface area contributed by atoms with Gasteiger partial charge in [-0.2, -0.15) is 0 Å². The van der Waals surface area contributed by atoms with Crippen LogP contribution in [0, 0.1) is 6.92 Å². The van der Waals surface area contributed by atoms with E-state index in [0.717, 1.165) is 0 Å². The Morgan fingerprint density at radius 3 is 2.36 bits per heavy atom. The third-order valence-electron chi connectivity index (χ3n) is 6.01. The van der Waals surface area contributed by atoms with Gasteiger partial charge in [-0.25, -0.2) is 14.4 Å². The van der Waals surface area contributed by atoms with Crippen LogP contribution in [0.15, 0.2) is 36.4 Å². The summed E-state index contributed by atoms with van der Waals surface area (Å²) < 4.78 is 15.9. The van der Waals surface area contributed by atoms with E-state index in [-0.39, 0.29) is 31.1 Å². The summed E-state index contributed by atoms with van der Waals surface area (Å²) in [6.07, 6.45) is 0.740. The van der Waals surface area contributed by atoms with Crippen molar-refractivity contribution < 1.29 is 18.8 Å². The molecule has 3 amide bonds. The Hall–Kier alpha value is -3.36. The molecule has 1 saturated heterocycles. The van der Waals surface area contributed by atoms with Crippen LogP contribution in [0.4, 0.5) is 4.39 Å². The first-order valence-electron chi connectivity index (χ1n) is 11.0. The van der Waals surface area contributed by atoms with E-state index < -0.39 is 23.0 Å². The molecule has 2 heterocycles. The zero-order chi connectivity index (χ0) is 24.2. The molecule has 176 valence electrons. The number of hydrogen-bond acceptors (Lipinski definition) is 5. The van der Waals surface area contributed by atoms with Crippen molar-refractivity contribution >= 4 is 17.7 Å². The topological polar surface area (TPSA) is 104 Å². The molecule has 1 aliphatic heterocycles. The molecule has 2 aromatic rings. The first-order chi connectivity index (χ1) is 15.6. The van der Waals surface area contributed by atoms with E-state index in [0.29, 0.717) is 29.9 Å². The van der Waals surface area contributed by atoms with Crippen LogP contribution in [0.2, 0.25) is 0 Å². The minimum atomic E-state index is -2.53. The van der Waals surface area contributed by atoms with Crippen LogP contribution in [0.5, 0.6) is 0 Å². The van der Waals surface area contributed by atoms with Crippen molar-refractivity contribution in [1.29, 1.82) is 0 Å². The molecule has 1 aromatic heterocycles. The summed E-state index contributed by atoms with van der Waals surface area (Å²) in [5.41, 5.74) is 1.10. The van der Waals surface area contributed by atoms with Gasteiger partial charge < -0.3 is 15.5 Å². The zero-order valence-electron chi connectivity index (χ0n) is 19.4. The Kier molecular flexibility index (Phi) is 7.09. The number of amides is 3. The van der Waals surface area contributed by atoms with Crippen molar-refractivity contribution in [2.75, 3.05) is 20.1 Å². The summed E-state index contributed by atoms with van der Waals surface area (Å²) in [7, 11) is 1.54. The molecule has 0 radical (unpaired) electrons. The van der Waals surface area contributed by atoms with E-state index in [1.807, 2.05) is 6.92 Å². The van der Waals surface area contributed by atoms with E-state index in [9.17, 15) is 14.4 Å². The van der Waals surface area contributed by atoms with Crippen molar-refractivity contribution in [1.82, 2.24) is 25.5 Å². The van der Waals surface area contributed by atoms with Crippen LogP contribution in [-0.2, 0) is 21.4 Å². The van der Waals surface area contributed by atoms with Gasteiger partial charge in [0.1, 0.15) is 11.5 Å². The molecule has 0 unspecified atom stereocenters. The zero-order valence-corrected chi connectivity index (χ0v) is 19.4. The van der Waals surface area contributed by atoms with Gasteiger partial charge in [0.25, 0.3) is 17.6 Å². The largest absolute Gasteiger partial charge is 0.354 e. The number of carbonyl (C=O) groups is 3. The fourth-order valence-electron chi connectivity index (χ4n) is 4.09. The number of aryl methyl sites for hydroxylation is 1. The van der Waals surface area contributed by atoms with E-state index in [4.69, 9.17) is 0 Å². The van der Waals surface area contributed by atoms with Crippen molar-refractivity contribution in [2.45, 2.75) is 51.2 Å². The van der Waals surface area contributed by atoms with Crippen molar-refractivity contribution in [2.24, 2.45) is 0 Å². The molecular weight excluding hydrogens is 425 g/mol. The molecule has 0 saturated carbocycles. The lowest BCUT2D eigenvalue weighted by molar-refractivity contribution is -0.151. The van der Waals surface area contributed by atoms with Gasteiger partial charge >= 0.3 is 0 Å². The molecule has 0 bridgehead atoms. The number of aromatic nitrogens is 2. The number of benzene rings is 1. The quantitative estimate of drug-likeness (QED) is 0.649. The number of alkyl halides is 1. The Labute approximate surface area is 193 Å². The van der Waals surface area contributed by atoms with E-state index in [2.05, 4.69) is 20.6 Å². The predicted molar refractivity (Wildman–Crippen MR) is 121 cm³/mol. The molecule has 8 nitrogen and oxygen atoms in total. The highest BCUT2D eigenvalue weighted by Gasteiger charge is 2.45. The Morgan fingerprint density at radius 1 is 1.15 bits per heavy atom. The minimum Gasteiger partial charge on any atom is -0.354 e. The summed E-state index contributed by atoms with van der Waals surface area (Å²) in [4.78, 5) is 47.4. The fraction of sp³-hybridized carbons (Fsp3) is 0.458. The third-order valence-corrected chi connectivity index (χ3v) is 6.01. The molecule has 9 heteroatoms. The SMILES string of the molecule is CNC(=O)c1cc(C)nc(C2(C)CCN(C(=O)[C@@](F)(Cc3ccccc3)NC(C)=O)CC2)n1. The highest BCUT2D eigenvalue weighted by atomic mass is 19.1. The first-order valence-corrected chi connectivity index (χ1v) is 11.0. The van der Waals surface area contributed by atoms with Crippen molar-refractivity contribution in [3.8, 4) is 0 Å². The minimum absolute atomic E-state index is 0.253. The average molecular weight is 456 g/mol. The number of likely N-dealkylation sites (tertiary alicyclic amines) is 1. The lowest BCUT2D eigenvalue weighted by Crippen LogP contribution is -2.59. The number of halogens is 1. The second-order valence-electron chi connectivity index (χ2n) is 8.79. The van der Waals surface area contributed by atoms with Crippen molar-refractivity contribution in [3.63, 3.8) is 0 Å².